The van der Waals surface area contributed by atoms with Crippen molar-refractivity contribution in [3.8, 4) is 0 Å². The second-order valence-corrected chi connectivity index (χ2v) is 8.16. The zero-order chi connectivity index (χ0) is 23.9. The molecule has 0 aromatic carbocycles. The number of fused-ring (bicyclic) bond motifs is 1. The molecular weight excluding hydrogens is 438 g/mol. The SMILES string of the molecule is CC(=O)OC[C@H]1O[C@@H](n2c(=O)n(CC3CC3)c3cnc(N)nc32)[C@@H](OC(C)=O)C1OC(C)=O. The smallest absolute Gasteiger partial charge is 0.332 e. The number of anilines is 1. The van der Waals surface area contributed by atoms with Gasteiger partial charge in [-0.15, -0.1) is 0 Å². The number of rotatable bonds is 7. The van der Waals surface area contributed by atoms with Crippen LogP contribution in [0.2, 0.25) is 0 Å². The van der Waals surface area contributed by atoms with Gasteiger partial charge in [0.2, 0.25) is 5.95 Å². The van der Waals surface area contributed by atoms with Crippen molar-refractivity contribution in [3.63, 3.8) is 0 Å². The Morgan fingerprint density at radius 3 is 2.39 bits per heavy atom. The average molecular weight is 463 g/mol. The van der Waals surface area contributed by atoms with E-state index in [-0.39, 0.29) is 18.2 Å². The summed E-state index contributed by atoms with van der Waals surface area (Å²) in [6.07, 6.45) is -1.10. The lowest BCUT2D eigenvalue weighted by Gasteiger charge is -2.23. The first-order chi connectivity index (χ1) is 15.7. The van der Waals surface area contributed by atoms with Crippen LogP contribution >= 0.6 is 0 Å². The predicted molar refractivity (Wildman–Crippen MR) is 111 cm³/mol. The summed E-state index contributed by atoms with van der Waals surface area (Å²) in [5.41, 5.74) is 5.95. The number of hydrogen-bond donors (Lipinski definition) is 1. The molecule has 0 radical (unpaired) electrons. The van der Waals surface area contributed by atoms with Crippen molar-refractivity contribution in [1.29, 1.82) is 0 Å². The van der Waals surface area contributed by atoms with Crippen molar-refractivity contribution in [1.82, 2.24) is 19.1 Å². The van der Waals surface area contributed by atoms with E-state index in [1.165, 1.54) is 36.1 Å². The minimum Gasteiger partial charge on any atom is -0.463 e. The van der Waals surface area contributed by atoms with Crippen LogP contribution in [0.5, 0.6) is 0 Å². The van der Waals surface area contributed by atoms with Gasteiger partial charge in [-0.2, -0.15) is 4.98 Å². The Hall–Kier alpha value is -3.48. The fraction of sp³-hybridized carbons (Fsp3) is 0.600. The highest BCUT2D eigenvalue weighted by atomic mass is 16.7. The molecule has 2 aromatic heterocycles. The molecule has 2 aliphatic rings. The number of carbonyl (C=O) groups excluding carboxylic acids is 3. The van der Waals surface area contributed by atoms with Gasteiger partial charge < -0.3 is 24.7 Å². The summed E-state index contributed by atoms with van der Waals surface area (Å²) in [5.74, 6) is -1.62. The summed E-state index contributed by atoms with van der Waals surface area (Å²) in [4.78, 5) is 56.8. The van der Waals surface area contributed by atoms with Crippen molar-refractivity contribution in [2.24, 2.45) is 5.92 Å². The van der Waals surface area contributed by atoms with Gasteiger partial charge in [0.25, 0.3) is 0 Å². The first-order valence-corrected chi connectivity index (χ1v) is 10.5. The van der Waals surface area contributed by atoms with E-state index in [1.807, 2.05) is 0 Å². The maximum absolute atomic E-state index is 13.5. The highest BCUT2D eigenvalue weighted by Gasteiger charge is 2.52. The van der Waals surface area contributed by atoms with Crippen molar-refractivity contribution in [2.75, 3.05) is 12.3 Å². The summed E-state index contributed by atoms with van der Waals surface area (Å²) < 4.78 is 24.6. The van der Waals surface area contributed by atoms with Crippen molar-refractivity contribution in [3.05, 3.63) is 16.7 Å². The molecule has 0 spiro atoms. The molecule has 0 amide bonds. The van der Waals surface area contributed by atoms with Crippen molar-refractivity contribution >= 4 is 35.0 Å². The van der Waals surface area contributed by atoms with Gasteiger partial charge in [0.1, 0.15) is 18.2 Å². The number of nitrogens with zero attached hydrogens (tertiary/aromatic N) is 4. The Kier molecular flexibility index (Phi) is 6.06. The Labute approximate surface area is 187 Å². The summed E-state index contributed by atoms with van der Waals surface area (Å²) in [6.45, 7) is 3.76. The van der Waals surface area contributed by atoms with Gasteiger partial charge in [0.15, 0.2) is 24.1 Å². The molecule has 1 saturated heterocycles. The number of carbonyl (C=O) groups is 3. The molecule has 1 aliphatic heterocycles. The van der Waals surface area contributed by atoms with Crippen LogP contribution < -0.4 is 11.4 Å². The van der Waals surface area contributed by atoms with E-state index in [2.05, 4.69) is 9.97 Å². The number of imidazole rings is 1. The zero-order valence-corrected chi connectivity index (χ0v) is 18.4. The third kappa shape index (κ3) is 4.67. The molecule has 1 saturated carbocycles. The van der Waals surface area contributed by atoms with Crippen molar-refractivity contribution in [2.45, 2.75) is 64.7 Å². The summed E-state index contributed by atoms with van der Waals surface area (Å²) in [5, 5.41) is 0. The fourth-order valence-corrected chi connectivity index (χ4v) is 3.94. The number of ether oxygens (including phenoxy) is 4. The maximum Gasteiger partial charge on any atom is 0.332 e. The molecule has 3 heterocycles. The van der Waals surface area contributed by atoms with Gasteiger partial charge in [0, 0.05) is 27.3 Å². The van der Waals surface area contributed by atoms with E-state index in [9.17, 15) is 19.2 Å². The number of esters is 3. The number of aromatic nitrogens is 4. The van der Waals surface area contributed by atoms with E-state index in [1.54, 1.807) is 0 Å². The zero-order valence-electron chi connectivity index (χ0n) is 18.4. The van der Waals surface area contributed by atoms with Crippen LogP contribution in [0.4, 0.5) is 5.95 Å². The lowest BCUT2D eigenvalue weighted by molar-refractivity contribution is -0.166. The van der Waals surface area contributed by atoms with Gasteiger partial charge in [-0.3, -0.25) is 19.0 Å². The van der Waals surface area contributed by atoms with E-state index >= 15 is 0 Å². The highest BCUT2D eigenvalue weighted by molar-refractivity contribution is 5.72. The Balaban J connectivity index is 1.82. The summed E-state index contributed by atoms with van der Waals surface area (Å²) in [7, 11) is 0. The van der Waals surface area contributed by atoms with Crippen LogP contribution in [0.1, 0.15) is 39.8 Å². The largest absolute Gasteiger partial charge is 0.463 e. The van der Waals surface area contributed by atoms with E-state index < -0.39 is 48.1 Å². The van der Waals surface area contributed by atoms with Crippen LogP contribution in [-0.4, -0.2) is 61.9 Å². The van der Waals surface area contributed by atoms with Gasteiger partial charge in [-0.05, 0) is 18.8 Å². The van der Waals surface area contributed by atoms with E-state index in [4.69, 9.17) is 24.7 Å². The molecule has 2 aromatic rings. The third-order valence-electron chi connectivity index (χ3n) is 5.46. The van der Waals surface area contributed by atoms with Gasteiger partial charge in [0.05, 0.1) is 6.20 Å². The first kappa shape index (κ1) is 22.7. The molecule has 1 aliphatic carbocycles. The molecule has 0 bridgehead atoms. The van der Waals surface area contributed by atoms with Crippen LogP contribution in [0.3, 0.4) is 0 Å². The summed E-state index contributed by atoms with van der Waals surface area (Å²) in [6, 6.07) is 0. The Morgan fingerprint density at radius 2 is 1.79 bits per heavy atom. The topological polar surface area (TPSA) is 167 Å². The Morgan fingerprint density at radius 1 is 1.12 bits per heavy atom. The average Bonchev–Trinajstić information content (AvgIpc) is 3.44. The predicted octanol–water partition coefficient (Wildman–Crippen LogP) is -0.0909. The molecule has 13 heteroatoms. The molecule has 2 N–H and O–H groups in total. The monoisotopic (exact) mass is 463 g/mol. The molecule has 33 heavy (non-hydrogen) atoms. The summed E-state index contributed by atoms with van der Waals surface area (Å²) >= 11 is 0. The lowest BCUT2D eigenvalue weighted by Crippen LogP contribution is -2.41. The Bertz CT molecular complexity index is 1150. The molecule has 4 rings (SSSR count). The third-order valence-corrected chi connectivity index (χ3v) is 5.46. The van der Waals surface area contributed by atoms with Gasteiger partial charge in [-0.1, -0.05) is 0 Å². The minimum absolute atomic E-state index is 0.0603. The number of nitrogen functional groups attached to an aromatic ring is 1. The maximum atomic E-state index is 13.5. The highest BCUT2D eigenvalue weighted by Crippen LogP contribution is 2.36. The molecule has 2 fully saturated rings. The van der Waals surface area contributed by atoms with Crippen LogP contribution in [0.25, 0.3) is 11.2 Å². The van der Waals surface area contributed by atoms with E-state index in [0.29, 0.717) is 18.0 Å². The van der Waals surface area contributed by atoms with E-state index in [0.717, 1.165) is 12.8 Å². The first-order valence-electron chi connectivity index (χ1n) is 10.5. The molecule has 4 atom stereocenters. The molecule has 1 unspecified atom stereocenters. The molecule has 178 valence electrons. The van der Waals surface area contributed by atoms with Gasteiger partial charge in [-0.25, -0.2) is 14.3 Å². The van der Waals surface area contributed by atoms with Crippen molar-refractivity contribution < 1.29 is 33.3 Å². The second kappa shape index (κ2) is 8.81. The van der Waals surface area contributed by atoms with Crippen LogP contribution in [-0.2, 0) is 39.9 Å². The standard InChI is InChI=1S/C20H25N5O8/c1-9(26)30-8-14-15(31-10(2)27)16(32-11(3)28)18(33-14)25-17-13(6-22-19(21)23-17)24(20(25)29)7-12-4-5-12/h6,12,14-16,18H,4-5,7-8H2,1-3H3,(H2,21,22,23)/t14-,15?,16+,18-/m1/s1. The number of hydrogen-bond acceptors (Lipinski definition) is 11. The normalized spacial score (nSPS) is 24.6. The second-order valence-electron chi connectivity index (χ2n) is 8.16. The quantitative estimate of drug-likeness (QED) is 0.430. The molecule has 13 nitrogen and oxygen atoms in total. The lowest BCUT2D eigenvalue weighted by atomic mass is 10.1. The molecular formula is C20H25N5O8. The van der Waals surface area contributed by atoms with Crippen LogP contribution in [0, 0.1) is 5.92 Å². The fourth-order valence-electron chi connectivity index (χ4n) is 3.94. The minimum atomic E-state index is -1.22. The van der Waals surface area contributed by atoms with Gasteiger partial charge >= 0.3 is 23.6 Å². The van der Waals surface area contributed by atoms with Crippen LogP contribution in [0.15, 0.2) is 11.0 Å². The number of nitrogens with two attached hydrogens (primary N) is 1.